The minimum absolute atomic E-state index is 0.470. The van der Waals surface area contributed by atoms with Crippen LogP contribution in [0.3, 0.4) is 0 Å². The maximum absolute atomic E-state index is 6.17. The van der Waals surface area contributed by atoms with Crippen LogP contribution < -0.4 is 5.32 Å². The van der Waals surface area contributed by atoms with Gasteiger partial charge in [-0.05, 0) is 35.6 Å². The van der Waals surface area contributed by atoms with Crippen molar-refractivity contribution < 1.29 is 0 Å². The topological polar surface area (TPSA) is 12.0 Å². The molecule has 18 heavy (non-hydrogen) atoms. The van der Waals surface area contributed by atoms with Gasteiger partial charge >= 0.3 is 0 Å². The first-order chi connectivity index (χ1) is 8.84. The van der Waals surface area contributed by atoms with Gasteiger partial charge in [-0.15, -0.1) is 0 Å². The van der Waals surface area contributed by atoms with Gasteiger partial charge < -0.3 is 5.32 Å². The van der Waals surface area contributed by atoms with Gasteiger partial charge in [0.1, 0.15) is 0 Å². The molecule has 1 aliphatic rings. The molecule has 0 saturated carbocycles. The zero-order chi connectivity index (χ0) is 12.4. The third kappa shape index (κ3) is 2.29. The number of aryl methyl sites for hydroxylation is 1. The van der Waals surface area contributed by atoms with Crippen LogP contribution in [0.25, 0.3) is 0 Å². The fourth-order valence-corrected chi connectivity index (χ4v) is 2.85. The van der Waals surface area contributed by atoms with Gasteiger partial charge in [-0.3, -0.25) is 0 Å². The normalized spacial score (nSPS) is 17.7. The van der Waals surface area contributed by atoms with Gasteiger partial charge in [0.25, 0.3) is 0 Å². The molecule has 0 bridgehead atoms. The third-order valence-corrected chi connectivity index (χ3v) is 4.00. The maximum atomic E-state index is 6.17. The first-order valence-electron chi connectivity index (χ1n) is 6.39. The number of hydrogen-bond acceptors (Lipinski definition) is 1. The molecule has 0 spiro atoms. The van der Waals surface area contributed by atoms with Crippen LogP contribution in [-0.2, 0) is 13.0 Å². The summed E-state index contributed by atoms with van der Waals surface area (Å²) in [4.78, 5) is 0. The fraction of sp³-hybridized carbons (Fsp3) is 0.250. The summed E-state index contributed by atoms with van der Waals surface area (Å²) in [6.45, 7) is 0.832. The molecule has 0 saturated heterocycles. The number of nitrogens with one attached hydrogen (secondary N) is 1. The standard InChI is InChI=1S/C16H16ClN/c17-15-8-4-2-6-13(15)11-18-16-10-9-12-5-1-3-7-14(12)16/h1-8,16,18H,9-11H2. The molecule has 1 nitrogen and oxygen atoms in total. The van der Waals surface area contributed by atoms with E-state index in [2.05, 4.69) is 35.6 Å². The molecule has 0 aromatic heterocycles. The minimum Gasteiger partial charge on any atom is -0.306 e. The SMILES string of the molecule is Clc1ccccc1CNC1CCc2ccccc21. The lowest BCUT2D eigenvalue weighted by Crippen LogP contribution is -2.18. The summed E-state index contributed by atoms with van der Waals surface area (Å²) in [6.07, 6.45) is 2.36. The van der Waals surface area contributed by atoms with Gasteiger partial charge in [0, 0.05) is 17.6 Å². The first-order valence-corrected chi connectivity index (χ1v) is 6.77. The molecule has 92 valence electrons. The predicted octanol–water partition coefficient (Wildman–Crippen LogP) is 4.12. The van der Waals surface area contributed by atoms with Gasteiger partial charge in [0.15, 0.2) is 0 Å². The molecule has 2 aromatic rings. The predicted molar refractivity (Wildman–Crippen MR) is 75.8 cm³/mol. The average molecular weight is 258 g/mol. The molecule has 2 heteroatoms. The second kappa shape index (κ2) is 5.13. The number of hydrogen-bond donors (Lipinski definition) is 1. The zero-order valence-electron chi connectivity index (χ0n) is 10.2. The molecule has 0 amide bonds. The van der Waals surface area contributed by atoms with Gasteiger partial charge in [0.05, 0.1) is 0 Å². The van der Waals surface area contributed by atoms with Crippen molar-refractivity contribution in [3.63, 3.8) is 0 Å². The van der Waals surface area contributed by atoms with E-state index in [9.17, 15) is 0 Å². The number of rotatable bonds is 3. The van der Waals surface area contributed by atoms with E-state index >= 15 is 0 Å². The van der Waals surface area contributed by atoms with Crippen molar-refractivity contribution in [2.75, 3.05) is 0 Å². The quantitative estimate of drug-likeness (QED) is 0.872. The molecular formula is C16H16ClN. The summed E-state index contributed by atoms with van der Waals surface area (Å²) in [5, 5.41) is 4.45. The summed E-state index contributed by atoms with van der Waals surface area (Å²) in [5.41, 5.74) is 4.10. The lowest BCUT2D eigenvalue weighted by molar-refractivity contribution is 0.530. The molecule has 1 aliphatic carbocycles. The highest BCUT2D eigenvalue weighted by atomic mass is 35.5. The Labute approximate surface area is 113 Å². The van der Waals surface area contributed by atoms with Crippen LogP contribution in [0.2, 0.25) is 5.02 Å². The van der Waals surface area contributed by atoms with Gasteiger partial charge in [-0.2, -0.15) is 0 Å². The Bertz CT molecular complexity index is 550. The van der Waals surface area contributed by atoms with E-state index in [0.717, 1.165) is 11.6 Å². The smallest absolute Gasteiger partial charge is 0.0450 e. The Morgan fingerprint density at radius 2 is 1.83 bits per heavy atom. The first kappa shape index (κ1) is 11.8. The largest absolute Gasteiger partial charge is 0.306 e. The van der Waals surface area contributed by atoms with Crippen molar-refractivity contribution in [3.8, 4) is 0 Å². The van der Waals surface area contributed by atoms with Crippen molar-refractivity contribution in [1.29, 1.82) is 0 Å². The van der Waals surface area contributed by atoms with Crippen LogP contribution in [0.5, 0.6) is 0 Å². The van der Waals surface area contributed by atoms with Crippen molar-refractivity contribution in [1.82, 2.24) is 5.32 Å². The highest BCUT2D eigenvalue weighted by Crippen LogP contribution is 2.31. The fourth-order valence-electron chi connectivity index (χ4n) is 2.64. The molecule has 3 rings (SSSR count). The molecule has 2 aromatic carbocycles. The van der Waals surface area contributed by atoms with Gasteiger partial charge in [-0.1, -0.05) is 54.1 Å². The lowest BCUT2D eigenvalue weighted by Gasteiger charge is -2.14. The van der Waals surface area contributed by atoms with E-state index in [-0.39, 0.29) is 0 Å². The molecule has 1 unspecified atom stereocenters. The van der Waals surface area contributed by atoms with E-state index in [4.69, 9.17) is 11.6 Å². The monoisotopic (exact) mass is 257 g/mol. The van der Waals surface area contributed by atoms with Crippen LogP contribution in [0, 0.1) is 0 Å². The number of benzene rings is 2. The Hall–Kier alpha value is -1.31. The highest BCUT2D eigenvalue weighted by Gasteiger charge is 2.21. The highest BCUT2D eigenvalue weighted by molar-refractivity contribution is 6.31. The number of halogens is 1. The second-order valence-corrected chi connectivity index (χ2v) is 5.17. The van der Waals surface area contributed by atoms with Crippen molar-refractivity contribution in [2.45, 2.75) is 25.4 Å². The molecule has 0 aliphatic heterocycles. The van der Waals surface area contributed by atoms with Gasteiger partial charge in [0.2, 0.25) is 0 Å². The Morgan fingerprint density at radius 1 is 1.06 bits per heavy atom. The summed E-state index contributed by atoms with van der Waals surface area (Å²) in [7, 11) is 0. The van der Waals surface area contributed by atoms with E-state index < -0.39 is 0 Å². The van der Waals surface area contributed by atoms with Crippen LogP contribution in [0.15, 0.2) is 48.5 Å². The molecule has 0 fully saturated rings. The molecule has 0 heterocycles. The molecule has 0 radical (unpaired) electrons. The van der Waals surface area contributed by atoms with Crippen molar-refractivity contribution in [2.24, 2.45) is 0 Å². The lowest BCUT2D eigenvalue weighted by atomic mass is 10.1. The van der Waals surface area contributed by atoms with E-state index in [1.54, 1.807) is 0 Å². The Balaban J connectivity index is 1.71. The summed E-state index contributed by atoms with van der Waals surface area (Å²) >= 11 is 6.17. The minimum atomic E-state index is 0.470. The van der Waals surface area contributed by atoms with Crippen molar-refractivity contribution >= 4 is 11.6 Å². The van der Waals surface area contributed by atoms with Crippen LogP contribution >= 0.6 is 11.6 Å². The van der Waals surface area contributed by atoms with Crippen molar-refractivity contribution in [3.05, 3.63) is 70.2 Å². The van der Waals surface area contributed by atoms with Crippen LogP contribution in [0.4, 0.5) is 0 Å². The van der Waals surface area contributed by atoms with Crippen LogP contribution in [-0.4, -0.2) is 0 Å². The Morgan fingerprint density at radius 3 is 2.72 bits per heavy atom. The average Bonchev–Trinajstić information content (AvgIpc) is 2.81. The summed E-state index contributed by atoms with van der Waals surface area (Å²) in [6, 6.07) is 17.2. The maximum Gasteiger partial charge on any atom is 0.0450 e. The van der Waals surface area contributed by atoms with Gasteiger partial charge in [-0.25, -0.2) is 0 Å². The van der Waals surface area contributed by atoms with E-state index in [1.165, 1.54) is 29.5 Å². The summed E-state index contributed by atoms with van der Waals surface area (Å²) in [5.74, 6) is 0. The molecule has 1 N–H and O–H groups in total. The van der Waals surface area contributed by atoms with Crippen LogP contribution in [0.1, 0.15) is 29.2 Å². The second-order valence-electron chi connectivity index (χ2n) is 4.76. The van der Waals surface area contributed by atoms with E-state index in [0.29, 0.717) is 6.04 Å². The zero-order valence-corrected chi connectivity index (χ0v) is 11.0. The summed E-state index contributed by atoms with van der Waals surface area (Å²) < 4.78 is 0. The molecule has 1 atom stereocenters. The third-order valence-electron chi connectivity index (χ3n) is 3.63. The van der Waals surface area contributed by atoms with E-state index in [1.807, 2.05) is 18.2 Å². The Kier molecular flexibility index (Phi) is 3.35. The molecular weight excluding hydrogens is 242 g/mol. The number of fused-ring (bicyclic) bond motifs is 1.